The lowest BCUT2D eigenvalue weighted by Crippen LogP contribution is -2.44. The summed E-state index contributed by atoms with van der Waals surface area (Å²) in [4.78, 5) is 14.5. The lowest BCUT2D eigenvalue weighted by atomic mass is 10.0. The molecule has 33 heavy (non-hydrogen) atoms. The van der Waals surface area contributed by atoms with Crippen molar-refractivity contribution in [3.63, 3.8) is 0 Å². The second-order valence-corrected chi connectivity index (χ2v) is 7.96. The maximum atomic E-state index is 14.4. The summed E-state index contributed by atoms with van der Waals surface area (Å²) < 4.78 is 35.2. The Morgan fingerprint density at radius 1 is 1.18 bits per heavy atom. The third kappa shape index (κ3) is 4.71. The zero-order valence-corrected chi connectivity index (χ0v) is 18.1. The predicted molar refractivity (Wildman–Crippen MR) is 118 cm³/mol. The molecule has 1 aliphatic heterocycles. The number of likely N-dealkylation sites (tertiary alicyclic amines) is 1. The van der Waals surface area contributed by atoms with Gasteiger partial charge in [0.05, 0.1) is 12.7 Å². The van der Waals surface area contributed by atoms with Gasteiger partial charge in [0, 0.05) is 36.5 Å². The molecule has 0 spiro atoms. The van der Waals surface area contributed by atoms with Gasteiger partial charge in [-0.15, -0.1) is 0 Å². The second-order valence-electron chi connectivity index (χ2n) is 7.96. The highest BCUT2D eigenvalue weighted by Gasteiger charge is 2.22. The first-order valence-electron chi connectivity index (χ1n) is 10.5. The predicted octanol–water partition coefficient (Wildman–Crippen LogP) is 3.33. The van der Waals surface area contributed by atoms with Crippen LogP contribution < -0.4 is 10.5 Å². The van der Waals surface area contributed by atoms with Crippen molar-refractivity contribution in [2.45, 2.75) is 25.4 Å². The number of nitrogens with zero attached hydrogens (tertiary/aromatic N) is 4. The van der Waals surface area contributed by atoms with Crippen molar-refractivity contribution in [1.82, 2.24) is 14.7 Å². The van der Waals surface area contributed by atoms with Crippen LogP contribution in [-0.2, 0) is 11.3 Å². The Kier molecular flexibility index (Phi) is 6.38. The number of carbonyl (C=O) groups is 1. The Bertz CT molecular complexity index is 1230. The number of rotatable bonds is 5. The molecule has 0 atom stereocenters. The lowest BCUT2D eigenvalue weighted by molar-refractivity contribution is -0.133. The van der Waals surface area contributed by atoms with E-state index in [1.54, 1.807) is 29.3 Å². The molecule has 0 unspecified atom stereocenters. The van der Waals surface area contributed by atoms with Crippen LogP contribution in [0.5, 0.6) is 5.75 Å². The van der Waals surface area contributed by atoms with Gasteiger partial charge in [0.15, 0.2) is 11.6 Å². The fourth-order valence-corrected chi connectivity index (χ4v) is 3.90. The monoisotopic (exact) mass is 451 g/mol. The zero-order valence-electron chi connectivity index (χ0n) is 18.1. The second kappa shape index (κ2) is 9.38. The standard InChI is InChI=1S/C24H23F2N5O2/c1-33-22-5-4-15(10-21(22)26)19-13-31(14-23(32)30-8-6-18(28)7-9-30)29-24(19)16-2-3-17(12-27)20(25)11-16/h2-5,10-11,13,18H,6-9,14,28H2,1H3. The summed E-state index contributed by atoms with van der Waals surface area (Å²) in [7, 11) is 1.38. The summed E-state index contributed by atoms with van der Waals surface area (Å²) in [5.41, 5.74) is 7.63. The third-order valence-corrected chi connectivity index (χ3v) is 5.78. The van der Waals surface area contributed by atoms with Gasteiger partial charge in [-0.25, -0.2) is 8.78 Å². The number of hydrogen-bond acceptors (Lipinski definition) is 5. The van der Waals surface area contributed by atoms with E-state index in [1.165, 1.54) is 36.1 Å². The van der Waals surface area contributed by atoms with Gasteiger partial charge in [0.25, 0.3) is 0 Å². The number of halogens is 2. The summed E-state index contributed by atoms with van der Waals surface area (Å²) in [6.07, 6.45) is 3.13. The molecule has 1 saturated heterocycles. The largest absolute Gasteiger partial charge is 0.494 e. The molecule has 0 aliphatic carbocycles. The van der Waals surface area contributed by atoms with Crippen molar-refractivity contribution in [3.05, 3.63) is 59.8 Å². The number of piperidine rings is 1. The first-order valence-corrected chi connectivity index (χ1v) is 10.5. The molecule has 1 fully saturated rings. The van der Waals surface area contributed by atoms with Crippen LogP contribution >= 0.6 is 0 Å². The molecule has 1 aliphatic rings. The fourth-order valence-electron chi connectivity index (χ4n) is 3.90. The molecule has 2 N–H and O–H groups in total. The minimum atomic E-state index is -0.683. The molecular weight excluding hydrogens is 428 g/mol. The van der Waals surface area contributed by atoms with Crippen LogP contribution in [-0.4, -0.2) is 46.8 Å². The average Bonchev–Trinajstić information content (AvgIpc) is 3.23. The first kappa shape index (κ1) is 22.4. The Morgan fingerprint density at radius 2 is 1.88 bits per heavy atom. The van der Waals surface area contributed by atoms with Gasteiger partial charge >= 0.3 is 0 Å². The SMILES string of the molecule is COc1ccc(-c2cn(CC(=O)N3CCC(N)CC3)nc2-c2ccc(C#N)c(F)c2)cc1F. The van der Waals surface area contributed by atoms with Gasteiger partial charge in [-0.1, -0.05) is 12.1 Å². The molecule has 0 bridgehead atoms. The Morgan fingerprint density at radius 3 is 2.52 bits per heavy atom. The molecule has 2 heterocycles. The number of carbonyl (C=O) groups excluding carboxylic acids is 1. The highest BCUT2D eigenvalue weighted by Crippen LogP contribution is 2.34. The quantitative estimate of drug-likeness (QED) is 0.642. The highest BCUT2D eigenvalue weighted by atomic mass is 19.1. The summed E-state index contributed by atoms with van der Waals surface area (Å²) in [6.45, 7) is 1.16. The van der Waals surface area contributed by atoms with Gasteiger partial charge < -0.3 is 15.4 Å². The van der Waals surface area contributed by atoms with E-state index in [9.17, 15) is 13.6 Å². The summed E-state index contributed by atoms with van der Waals surface area (Å²) >= 11 is 0. The number of nitriles is 1. The van der Waals surface area contributed by atoms with Gasteiger partial charge in [0.2, 0.25) is 5.91 Å². The summed E-state index contributed by atoms with van der Waals surface area (Å²) in [5.74, 6) is -1.25. The van der Waals surface area contributed by atoms with E-state index >= 15 is 0 Å². The van der Waals surface area contributed by atoms with Crippen LogP contribution in [0, 0.1) is 23.0 Å². The number of ether oxygens (including phenoxy) is 1. The van der Waals surface area contributed by atoms with Crippen molar-refractivity contribution in [3.8, 4) is 34.2 Å². The van der Waals surface area contributed by atoms with E-state index in [2.05, 4.69) is 5.10 Å². The zero-order chi connectivity index (χ0) is 23.5. The van der Waals surface area contributed by atoms with Gasteiger partial charge in [-0.2, -0.15) is 10.4 Å². The van der Waals surface area contributed by atoms with Crippen molar-refractivity contribution >= 4 is 5.91 Å². The normalized spacial score (nSPS) is 14.2. The molecule has 2 aromatic carbocycles. The van der Waals surface area contributed by atoms with E-state index in [-0.39, 0.29) is 29.8 Å². The Balaban J connectivity index is 1.72. The van der Waals surface area contributed by atoms with Crippen LogP contribution in [0.15, 0.2) is 42.6 Å². The maximum absolute atomic E-state index is 14.4. The number of benzene rings is 2. The first-order chi connectivity index (χ1) is 15.9. The van der Waals surface area contributed by atoms with Crippen molar-refractivity contribution in [1.29, 1.82) is 5.26 Å². The highest BCUT2D eigenvalue weighted by molar-refractivity contribution is 5.82. The van der Waals surface area contributed by atoms with Crippen LogP contribution in [0.1, 0.15) is 18.4 Å². The number of amides is 1. The van der Waals surface area contributed by atoms with Crippen molar-refractivity contribution < 1.29 is 18.3 Å². The van der Waals surface area contributed by atoms with Gasteiger partial charge in [0.1, 0.15) is 24.1 Å². The number of hydrogen-bond donors (Lipinski definition) is 1. The molecule has 9 heteroatoms. The van der Waals surface area contributed by atoms with E-state index in [4.69, 9.17) is 15.7 Å². The van der Waals surface area contributed by atoms with Gasteiger partial charge in [-0.3, -0.25) is 9.48 Å². The Hall–Kier alpha value is -3.77. The van der Waals surface area contributed by atoms with E-state index in [0.717, 1.165) is 12.8 Å². The van der Waals surface area contributed by atoms with Gasteiger partial charge in [-0.05, 0) is 42.7 Å². The number of methoxy groups -OCH3 is 1. The molecule has 170 valence electrons. The van der Waals surface area contributed by atoms with Crippen LogP contribution in [0.2, 0.25) is 0 Å². The molecule has 1 aromatic heterocycles. The fraction of sp³-hybridized carbons (Fsp3) is 0.292. The van der Waals surface area contributed by atoms with E-state index < -0.39 is 11.6 Å². The summed E-state index contributed by atoms with van der Waals surface area (Å²) in [6, 6.07) is 10.5. The van der Waals surface area contributed by atoms with E-state index in [1.807, 2.05) is 0 Å². The van der Waals surface area contributed by atoms with E-state index in [0.29, 0.717) is 35.5 Å². The molecular formula is C24H23F2N5O2. The van der Waals surface area contributed by atoms with Crippen LogP contribution in [0.3, 0.4) is 0 Å². The Labute approximate surface area is 190 Å². The molecule has 1 amide bonds. The molecule has 7 nitrogen and oxygen atoms in total. The molecule has 3 aromatic rings. The number of nitrogens with two attached hydrogens (primary N) is 1. The third-order valence-electron chi connectivity index (χ3n) is 5.78. The topological polar surface area (TPSA) is 97.2 Å². The van der Waals surface area contributed by atoms with Crippen molar-refractivity contribution in [2.75, 3.05) is 20.2 Å². The van der Waals surface area contributed by atoms with Crippen LogP contribution in [0.4, 0.5) is 8.78 Å². The smallest absolute Gasteiger partial charge is 0.244 e. The maximum Gasteiger partial charge on any atom is 0.244 e. The summed E-state index contributed by atoms with van der Waals surface area (Å²) in [5, 5.41) is 13.5. The minimum Gasteiger partial charge on any atom is -0.494 e. The van der Waals surface area contributed by atoms with Crippen LogP contribution in [0.25, 0.3) is 22.4 Å². The lowest BCUT2D eigenvalue weighted by Gasteiger charge is -2.30. The molecule has 0 saturated carbocycles. The average molecular weight is 451 g/mol. The molecule has 0 radical (unpaired) electrons. The minimum absolute atomic E-state index is 0.0142. The van der Waals surface area contributed by atoms with Crippen molar-refractivity contribution in [2.24, 2.45) is 5.73 Å². The number of aromatic nitrogens is 2. The molecule has 4 rings (SSSR count).